The average molecular weight is 230 g/mol. The first-order valence-corrected chi connectivity index (χ1v) is 6.07. The van der Waals surface area contributed by atoms with Crippen molar-refractivity contribution in [3.8, 4) is 5.75 Å². The minimum Gasteiger partial charge on any atom is -0.496 e. The molecule has 0 aliphatic heterocycles. The van der Waals surface area contributed by atoms with Crippen LogP contribution >= 0.6 is 0 Å². The SMILES string of the molecule is COc1ccccc1/C=C1/CC(C)CCC1=O. The topological polar surface area (TPSA) is 26.3 Å². The highest BCUT2D eigenvalue weighted by Gasteiger charge is 2.20. The largest absolute Gasteiger partial charge is 0.496 e. The van der Waals surface area contributed by atoms with Gasteiger partial charge in [-0.15, -0.1) is 0 Å². The Bertz CT molecular complexity index is 446. The van der Waals surface area contributed by atoms with Crippen molar-refractivity contribution < 1.29 is 9.53 Å². The van der Waals surface area contributed by atoms with Gasteiger partial charge in [0, 0.05) is 12.0 Å². The standard InChI is InChI=1S/C15H18O2/c1-11-7-8-14(16)13(9-11)10-12-5-3-4-6-15(12)17-2/h3-6,10-11H,7-9H2,1-2H3/b13-10-. The second-order valence-electron chi connectivity index (χ2n) is 4.68. The van der Waals surface area contributed by atoms with E-state index in [0.717, 1.165) is 29.7 Å². The van der Waals surface area contributed by atoms with Gasteiger partial charge in [0.15, 0.2) is 5.78 Å². The summed E-state index contributed by atoms with van der Waals surface area (Å²) < 4.78 is 5.29. The van der Waals surface area contributed by atoms with E-state index in [1.807, 2.05) is 30.3 Å². The number of carbonyl (C=O) groups is 1. The highest BCUT2D eigenvalue weighted by molar-refractivity contribution is 6.00. The van der Waals surface area contributed by atoms with E-state index in [4.69, 9.17) is 4.74 Å². The van der Waals surface area contributed by atoms with Gasteiger partial charge in [0.05, 0.1) is 7.11 Å². The summed E-state index contributed by atoms with van der Waals surface area (Å²) >= 11 is 0. The van der Waals surface area contributed by atoms with E-state index < -0.39 is 0 Å². The van der Waals surface area contributed by atoms with Crippen molar-refractivity contribution in [1.82, 2.24) is 0 Å². The van der Waals surface area contributed by atoms with E-state index in [1.165, 1.54) is 0 Å². The Morgan fingerprint density at radius 3 is 2.88 bits per heavy atom. The molecule has 0 heterocycles. The van der Waals surface area contributed by atoms with Crippen LogP contribution in [0.3, 0.4) is 0 Å². The van der Waals surface area contributed by atoms with Crippen molar-refractivity contribution in [3.05, 3.63) is 35.4 Å². The molecule has 2 nitrogen and oxygen atoms in total. The minimum absolute atomic E-state index is 0.286. The summed E-state index contributed by atoms with van der Waals surface area (Å²) in [5, 5.41) is 0. The van der Waals surface area contributed by atoms with Gasteiger partial charge in [-0.05, 0) is 36.5 Å². The second kappa shape index (κ2) is 5.17. The molecule has 1 aromatic rings. The fourth-order valence-corrected chi connectivity index (χ4v) is 2.24. The number of ketones is 1. The minimum atomic E-state index is 0.286. The van der Waals surface area contributed by atoms with Gasteiger partial charge in [-0.3, -0.25) is 4.79 Å². The molecule has 90 valence electrons. The first kappa shape index (κ1) is 11.9. The maximum Gasteiger partial charge on any atom is 0.158 e. The zero-order chi connectivity index (χ0) is 12.3. The quantitative estimate of drug-likeness (QED) is 0.727. The molecule has 0 radical (unpaired) electrons. The third-order valence-electron chi connectivity index (χ3n) is 3.26. The van der Waals surface area contributed by atoms with Gasteiger partial charge in [-0.2, -0.15) is 0 Å². The van der Waals surface area contributed by atoms with Crippen LogP contribution in [0.1, 0.15) is 31.7 Å². The average Bonchev–Trinajstić information content (AvgIpc) is 2.34. The predicted molar refractivity (Wildman–Crippen MR) is 69.0 cm³/mol. The van der Waals surface area contributed by atoms with Crippen LogP contribution in [-0.4, -0.2) is 12.9 Å². The molecule has 1 aromatic carbocycles. The van der Waals surface area contributed by atoms with Gasteiger partial charge in [0.2, 0.25) is 0 Å². The highest BCUT2D eigenvalue weighted by atomic mass is 16.5. The molecule has 0 saturated heterocycles. The summed E-state index contributed by atoms with van der Waals surface area (Å²) in [5.41, 5.74) is 1.93. The molecule has 17 heavy (non-hydrogen) atoms. The van der Waals surface area contributed by atoms with Crippen LogP contribution in [0.2, 0.25) is 0 Å². The lowest BCUT2D eigenvalue weighted by atomic mass is 9.85. The van der Waals surface area contributed by atoms with Gasteiger partial charge in [-0.25, -0.2) is 0 Å². The Morgan fingerprint density at radius 1 is 1.35 bits per heavy atom. The second-order valence-corrected chi connectivity index (χ2v) is 4.68. The first-order valence-electron chi connectivity index (χ1n) is 6.07. The Hall–Kier alpha value is -1.57. The van der Waals surface area contributed by atoms with Crippen molar-refractivity contribution in [2.24, 2.45) is 5.92 Å². The van der Waals surface area contributed by atoms with Crippen molar-refractivity contribution in [3.63, 3.8) is 0 Å². The number of allylic oxidation sites excluding steroid dienone is 1. The Kier molecular flexibility index (Phi) is 3.62. The summed E-state index contributed by atoms with van der Waals surface area (Å²) in [6.45, 7) is 2.20. The molecular weight excluding hydrogens is 212 g/mol. The molecule has 1 fully saturated rings. The third kappa shape index (κ3) is 2.76. The van der Waals surface area contributed by atoms with Crippen LogP contribution in [0, 0.1) is 5.92 Å². The number of methoxy groups -OCH3 is 1. The van der Waals surface area contributed by atoms with Crippen molar-refractivity contribution >= 4 is 11.9 Å². The van der Waals surface area contributed by atoms with E-state index in [1.54, 1.807) is 7.11 Å². The molecule has 0 N–H and O–H groups in total. The maximum absolute atomic E-state index is 11.8. The van der Waals surface area contributed by atoms with E-state index in [-0.39, 0.29) is 5.78 Å². The molecule has 0 aromatic heterocycles. The Balaban J connectivity index is 2.30. The molecule has 1 aliphatic rings. The number of ether oxygens (including phenoxy) is 1. The molecule has 1 atom stereocenters. The summed E-state index contributed by atoms with van der Waals surface area (Å²) in [5.74, 6) is 1.72. The van der Waals surface area contributed by atoms with E-state index in [9.17, 15) is 4.79 Å². The smallest absolute Gasteiger partial charge is 0.158 e. The number of para-hydroxylation sites is 1. The number of benzene rings is 1. The Labute approximate surface area is 102 Å². The predicted octanol–water partition coefficient (Wildman–Crippen LogP) is 3.47. The van der Waals surface area contributed by atoms with Crippen LogP contribution in [0.5, 0.6) is 5.75 Å². The molecule has 1 saturated carbocycles. The molecule has 0 bridgehead atoms. The summed E-state index contributed by atoms with van der Waals surface area (Å²) in [6.07, 6.45) is 4.57. The lowest BCUT2D eigenvalue weighted by Gasteiger charge is -2.19. The lowest BCUT2D eigenvalue weighted by Crippen LogP contribution is -2.14. The van der Waals surface area contributed by atoms with Gasteiger partial charge < -0.3 is 4.74 Å². The number of Topliss-reactive ketones (excluding diaryl/α,β-unsaturated/α-hetero) is 1. The van der Waals surface area contributed by atoms with E-state index in [0.29, 0.717) is 12.3 Å². The maximum atomic E-state index is 11.8. The lowest BCUT2D eigenvalue weighted by molar-refractivity contribution is -0.116. The van der Waals surface area contributed by atoms with Gasteiger partial charge in [-0.1, -0.05) is 25.1 Å². The molecule has 0 spiro atoms. The molecular formula is C15H18O2. The number of rotatable bonds is 2. The number of carbonyl (C=O) groups excluding carboxylic acids is 1. The number of hydrogen-bond donors (Lipinski definition) is 0. The van der Waals surface area contributed by atoms with Gasteiger partial charge >= 0.3 is 0 Å². The monoisotopic (exact) mass is 230 g/mol. The number of hydrogen-bond acceptors (Lipinski definition) is 2. The van der Waals surface area contributed by atoms with Crippen molar-refractivity contribution in [1.29, 1.82) is 0 Å². The van der Waals surface area contributed by atoms with Gasteiger partial charge in [0.1, 0.15) is 5.75 Å². The van der Waals surface area contributed by atoms with Crippen LogP contribution in [0.4, 0.5) is 0 Å². The normalized spacial score (nSPS) is 22.8. The fraction of sp³-hybridized carbons (Fsp3) is 0.400. The summed E-state index contributed by atoms with van der Waals surface area (Å²) in [4.78, 5) is 11.8. The van der Waals surface area contributed by atoms with Crippen LogP contribution < -0.4 is 4.74 Å². The van der Waals surface area contributed by atoms with E-state index >= 15 is 0 Å². The third-order valence-corrected chi connectivity index (χ3v) is 3.26. The molecule has 1 unspecified atom stereocenters. The first-order chi connectivity index (χ1) is 8.20. The summed E-state index contributed by atoms with van der Waals surface area (Å²) in [7, 11) is 1.66. The fourth-order valence-electron chi connectivity index (χ4n) is 2.24. The van der Waals surface area contributed by atoms with Crippen LogP contribution in [0.25, 0.3) is 6.08 Å². The van der Waals surface area contributed by atoms with Crippen molar-refractivity contribution in [2.45, 2.75) is 26.2 Å². The molecule has 1 aliphatic carbocycles. The van der Waals surface area contributed by atoms with E-state index in [2.05, 4.69) is 6.92 Å². The van der Waals surface area contributed by atoms with Gasteiger partial charge in [0.25, 0.3) is 0 Å². The van der Waals surface area contributed by atoms with Crippen LogP contribution in [-0.2, 0) is 4.79 Å². The zero-order valence-corrected chi connectivity index (χ0v) is 10.4. The van der Waals surface area contributed by atoms with Crippen molar-refractivity contribution in [2.75, 3.05) is 7.11 Å². The van der Waals surface area contributed by atoms with Crippen LogP contribution in [0.15, 0.2) is 29.8 Å². The zero-order valence-electron chi connectivity index (χ0n) is 10.4. The Morgan fingerprint density at radius 2 is 2.12 bits per heavy atom. The highest BCUT2D eigenvalue weighted by Crippen LogP contribution is 2.29. The summed E-state index contributed by atoms with van der Waals surface area (Å²) in [6, 6.07) is 7.80. The molecule has 2 rings (SSSR count). The molecule has 2 heteroatoms. The molecule has 0 amide bonds.